The highest BCUT2D eigenvalue weighted by Gasteiger charge is 2.27. The zero-order chi connectivity index (χ0) is 15.2. The molecule has 1 aliphatic heterocycles. The standard InChI is InChI=1S/C17H23NO3/c1-13-6-2-3-7-15(13)14-10-11-18(12-14)16(19)8-4-5-9-17(20)21/h2-3,6-7,14H,4-5,8-12H2,1H3,(H,20,21). The van der Waals surface area contributed by atoms with Gasteiger partial charge in [0.15, 0.2) is 0 Å². The predicted molar refractivity (Wildman–Crippen MR) is 81.2 cm³/mol. The molecule has 1 aliphatic rings. The van der Waals surface area contributed by atoms with E-state index in [0.29, 0.717) is 25.2 Å². The lowest BCUT2D eigenvalue weighted by molar-refractivity contribution is -0.137. The SMILES string of the molecule is Cc1ccccc1C1CCN(C(=O)CCCCC(=O)O)C1. The number of aryl methyl sites for hydroxylation is 1. The van der Waals surface area contributed by atoms with Crippen LogP contribution in [0.25, 0.3) is 0 Å². The first-order chi connectivity index (χ1) is 10.1. The molecule has 4 heteroatoms. The third kappa shape index (κ3) is 4.31. The Kier molecular flexibility index (Phi) is 5.37. The van der Waals surface area contributed by atoms with E-state index in [2.05, 4.69) is 25.1 Å². The number of hydrogen-bond donors (Lipinski definition) is 1. The molecule has 0 radical (unpaired) electrons. The summed E-state index contributed by atoms with van der Waals surface area (Å²) >= 11 is 0. The molecule has 1 aromatic rings. The first kappa shape index (κ1) is 15.5. The Morgan fingerprint density at radius 3 is 2.67 bits per heavy atom. The average molecular weight is 289 g/mol. The average Bonchev–Trinajstić information content (AvgIpc) is 2.93. The Hall–Kier alpha value is -1.84. The Balaban J connectivity index is 1.81. The molecule has 1 fully saturated rings. The molecule has 1 saturated heterocycles. The van der Waals surface area contributed by atoms with Crippen molar-refractivity contribution in [2.24, 2.45) is 0 Å². The Morgan fingerprint density at radius 1 is 1.24 bits per heavy atom. The number of amides is 1. The van der Waals surface area contributed by atoms with Gasteiger partial charge in [-0.05, 0) is 37.3 Å². The molecule has 0 saturated carbocycles. The maximum atomic E-state index is 12.1. The molecule has 0 aliphatic carbocycles. The van der Waals surface area contributed by atoms with Crippen molar-refractivity contribution in [1.29, 1.82) is 0 Å². The second kappa shape index (κ2) is 7.25. The van der Waals surface area contributed by atoms with E-state index in [4.69, 9.17) is 5.11 Å². The molecule has 1 N–H and O–H groups in total. The van der Waals surface area contributed by atoms with Gasteiger partial charge in [0.25, 0.3) is 0 Å². The number of hydrogen-bond acceptors (Lipinski definition) is 2. The molecule has 21 heavy (non-hydrogen) atoms. The van der Waals surface area contributed by atoms with Crippen LogP contribution in [0, 0.1) is 6.92 Å². The van der Waals surface area contributed by atoms with Crippen molar-refractivity contribution in [3.05, 3.63) is 35.4 Å². The van der Waals surface area contributed by atoms with E-state index in [1.165, 1.54) is 11.1 Å². The minimum atomic E-state index is -0.789. The molecule has 0 bridgehead atoms. The van der Waals surface area contributed by atoms with Crippen molar-refractivity contribution >= 4 is 11.9 Å². The summed E-state index contributed by atoms with van der Waals surface area (Å²) in [6, 6.07) is 8.37. The number of likely N-dealkylation sites (tertiary alicyclic amines) is 1. The third-order valence-electron chi connectivity index (χ3n) is 4.20. The van der Waals surface area contributed by atoms with Gasteiger partial charge < -0.3 is 10.0 Å². The van der Waals surface area contributed by atoms with Gasteiger partial charge in [0, 0.05) is 31.8 Å². The molecular formula is C17H23NO3. The number of aliphatic carboxylic acids is 1. The molecule has 1 heterocycles. The number of unbranched alkanes of at least 4 members (excludes halogenated alkanes) is 1. The van der Waals surface area contributed by atoms with E-state index in [1.54, 1.807) is 0 Å². The molecule has 2 rings (SSSR count). The predicted octanol–water partition coefficient (Wildman–Crippen LogP) is 2.96. The highest BCUT2D eigenvalue weighted by molar-refractivity contribution is 5.76. The number of carboxylic acid groups (broad SMARTS) is 1. The van der Waals surface area contributed by atoms with Crippen molar-refractivity contribution < 1.29 is 14.7 Å². The number of carbonyl (C=O) groups is 2. The lowest BCUT2D eigenvalue weighted by atomic mass is 9.94. The van der Waals surface area contributed by atoms with E-state index in [-0.39, 0.29) is 12.3 Å². The molecule has 1 atom stereocenters. The quantitative estimate of drug-likeness (QED) is 0.819. The van der Waals surface area contributed by atoms with E-state index >= 15 is 0 Å². The van der Waals surface area contributed by atoms with Gasteiger partial charge in [-0.15, -0.1) is 0 Å². The Morgan fingerprint density at radius 2 is 1.95 bits per heavy atom. The topological polar surface area (TPSA) is 57.6 Å². The van der Waals surface area contributed by atoms with Crippen LogP contribution in [0.15, 0.2) is 24.3 Å². The molecular weight excluding hydrogens is 266 g/mol. The van der Waals surface area contributed by atoms with E-state index in [9.17, 15) is 9.59 Å². The van der Waals surface area contributed by atoms with Crippen LogP contribution >= 0.6 is 0 Å². The van der Waals surface area contributed by atoms with E-state index in [1.807, 2.05) is 11.0 Å². The summed E-state index contributed by atoms with van der Waals surface area (Å²) in [5.74, 6) is -0.186. The Bertz CT molecular complexity index is 513. The minimum absolute atomic E-state index is 0.152. The van der Waals surface area contributed by atoms with E-state index < -0.39 is 5.97 Å². The van der Waals surface area contributed by atoms with Crippen LogP contribution in [-0.2, 0) is 9.59 Å². The van der Waals surface area contributed by atoms with Crippen LogP contribution in [0.4, 0.5) is 0 Å². The molecule has 1 amide bonds. The highest BCUT2D eigenvalue weighted by atomic mass is 16.4. The maximum absolute atomic E-state index is 12.1. The smallest absolute Gasteiger partial charge is 0.303 e. The zero-order valence-corrected chi connectivity index (χ0v) is 12.5. The first-order valence-electron chi connectivity index (χ1n) is 7.63. The second-order valence-electron chi connectivity index (χ2n) is 5.78. The van der Waals surface area contributed by atoms with Crippen molar-refractivity contribution in [1.82, 2.24) is 4.90 Å². The van der Waals surface area contributed by atoms with E-state index in [0.717, 1.165) is 19.5 Å². The van der Waals surface area contributed by atoms with Crippen LogP contribution in [0.3, 0.4) is 0 Å². The molecule has 4 nitrogen and oxygen atoms in total. The van der Waals surface area contributed by atoms with Crippen LogP contribution in [0.1, 0.15) is 49.1 Å². The summed E-state index contributed by atoms with van der Waals surface area (Å²) in [4.78, 5) is 24.5. The summed E-state index contributed by atoms with van der Waals surface area (Å²) < 4.78 is 0. The second-order valence-corrected chi connectivity index (χ2v) is 5.78. The number of benzene rings is 1. The lowest BCUT2D eigenvalue weighted by Gasteiger charge is -2.17. The number of rotatable bonds is 6. The van der Waals surface area contributed by atoms with Gasteiger partial charge in [-0.2, -0.15) is 0 Å². The molecule has 1 unspecified atom stereocenters. The first-order valence-corrected chi connectivity index (χ1v) is 7.63. The van der Waals surface area contributed by atoms with Gasteiger partial charge >= 0.3 is 5.97 Å². The lowest BCUT2D eigenvalue weighted by Crippen LogP contribution is -2.28. The molecule has 114 valence electrons. The largest absolute Gasteiger partial charge is 0.481 e. The number of carbonyl (C=O) groups excluding carboxylic acids is 1. The van der Waals surface area contributed by atoms with Gasteiger partial charge in [0.2, 0.25) is 5.91 Å². The molecule has 0 aromatic heterocycles. The van der Waals surface area contributed by atoms with Gasteiger partial charge in [-0.1, -0.05) is 24.3 Å². The summed E-state index contributed by atoms with van der Waals surface area (Å²) in [5, 5.41) is 8.58. The fourth-order valence-corrected chi connectivity index (χ4v) is 3.00. The van der Waals surface area contributed by atoms with Crippen molar-refractivity contribution in [3.8, 4) is 0 Å². The van der Waals surface area contributed by atoms with Gasteiger partial charge in [-0.3, -0.25) is 9.59 Å². The van der Waals surface area contributed by atoms with Gasteiger partial charge in [0.05, 0.1) is 0 Å². The molecule has 0 spiro atoms. The summed E-state index contributed by atoms with van der Waals surface area (Å²) in [6.07, 6.45) is 2.88. The van der Waals surface area contributed by atoms with Crippen molar-refractivity contribution in [3.63, 3.8) is 0 Å². The van der Waals surface area contributed by atoms with Crippen LogP contribution in [0.2, 0.25) is 0 Å². The fourth-order valence-electron chi connectivity index (χ4n) is 3.00. The summed E-state index contributed by atoms with van der Waals surface area (Å²) in [7, 11) is 0. The van der Waals surface area contributed by atoms with Gasteiger partial charge in [-0.25, -0.2) is 0 Å². The van der Waals surface area contributed by atoms with Gasteiger partial charge in [0.1, 0.15) is 0 Å². The minimum Gasteiger partial charge on any atom is -0.481 e. The van der Waals surface area contributed by atoms with Crippen molar-refractivity contribution in [2.45, 2.75) is 44.9 Å². The maximum Gasteiger partial charge on any atom is 0.303 e. The molecule has 1 aromatic carbocycles. The van der Waals surface area contributed by atoms with Crippen molar-refractivity contribution in [2.75, 3.05) is 13.1 Å². The fraction of sp³-hybridized carbons (Fsp3) is 0.529. The zero-order valence-electron chi connectivity index (χ0n) is 12.5. The summed E-state index contributed by atoms with van der Waals surface area (Å²) in [6.45, 7) is 3.73. The third-order valence-corrected chi connectivity index (χ3v) is 4.20. The number of nitrogens with zero attached hydrogens (tertiary/aromatic N) is 1. The van der Waals surface area contributed by atoms with Crippen LogP contribution < -0.4 is 0 Å². The van der Waals surface area contributed by atoms with Crippen LogP contribution in [0.5, 0.6) is 0 Å². The van der Waals surface area contributed by atoms with Crippen LogP contribution in [-0.4, -0.2) is 35.0 Å². The summed E-state index contributed by atoms with van der Waals surface area (Å²) in [5.41, 5.74) is 2.64. The number of carboxylic acids is 1. The monoisotopic (exact) mass is 289 g/mol. The highest BCUT2D eigenvalue weighted by Crippen LogP contribution is 2.29. The Labute approximate surface area is 125 Å². The normalized spacial score (nSPS) is 18.0.